The monoisotopic (exact) mass is 294 g/mol. The predicted molar refractivity (Wildman–Crippen MR) is 72.0 cm³/mol. The number of carboxylic acids is 1. The standard InChI is InChI=1S/C13H18N4O4/c1-7-6-10(15-14-7)12(19)17-16-11(18)8-4-2-3-5-9(8)13(20)21/h6,8-9H,2-5H2,1H3,(H,14,15)(H,16,18)(H,17,19)(H,20,21)/t8?,9-/m0/s1. The molecule has 1 aliphatic carbocycles. The number of carboxylic acid groups (broad SMARTS) is 1. The molecule has 1 fully saturated rings. The van der Waals surface area contributed by atoms with E-state index < -0.39 is 29.6 Å². The second-order valence-corrected chi connectivity index (χ2v) is 5.22. The van der Waals surface area contributed by atoms with Crippen LogP contribution in [-0.2, 0) is 9.59 Å². The fourth-order valence-corrected chi connectivity index (χ4v) is 2.55. The molecule has 0 spiro atoms. The molecule has 1 aromatic rings. The van der Waals surface area contributed by atoms with Gasteiger partial charge in [-0.2, -0.15) is 5.10 Å². The number of nitrogens with one attached hydrogen (secondary N) is 3. The number of nitrogens with zero attached hydrogens (tertiary/aromatic N) is 1. The number of rotatable bonds is 3. The molecule has 114 valence electrons. The van der Waals surface area contributed by atoms with Crippen molar-refractivity contribution in [3.63, 3.8) is 0 Å². The summed E-state index contributed by atoms with van der Waals surface area (Å²) in [5.74, 6) is -3.29. The van der Waals surface area contributed by atoms with Crippen molar-refractivity contribution in [1.82, 2.24) is 21.0 Å². The maximum absolute atomic E-state index is 12.0. The number of aliphatic carboxylic acids is 1. The van der Waals surface area contributed by atoms with Gasteiger partial charge in [0.25, 0.3) is 5.91 Å². The minimum atomic E-state index is -0.968. The highest BCUT2D eigenvalue weighted by Crippen LogP contribution is 2.30. The molecular weight excluding hydrogens is 276 g/mol. The molecule has 2 amide bonds. The Bertz CT molecular complexity index is 554. The van der Waals surface area contributed by atoms with Crippen LogP contribution in [0.25, 0.3) is 0 Å². The van der Waals surface area contributed by atoms with Crippen LogP contribution < -0.4 is 10.9 Å². The van der Waals surface area contributed by atoms with Gasteiger partial charge in [0.05, 0.1) is 11.8 Å². The average Bonchev–Trinajstić information content (AvgIpc) is 2.91. The molecule has 0 radical (unpaired) electrons. The van der Waals surface area contributed by atoms with E-state index in [1.54, 1.807) is 13.0 Å². The minimum Gasteiger partial charge on any atom is -0.481 e. The summed E-state index contributed by atoms with van der Waals surface area (Å²) in [5, 5.41) is 15.5. The van der Waals surface area contributed by atoms with Gasteiger partial charge < -0.3 is 5.11 Å². The largest absolute Gasteiger partial charge is 0.481 e. The van der Waals surface area contributed by atoms with Crippen LogP contribution in [0.15, 0.2) is 6.07 Å². The lowest BCUT2D eigenvalue weighted by atomic mass is 9.79. The molecule has 1 aromatic heterocycles. The molecule has 1 unspecified atom stereocenters. The number of amides is 2. The van der Waals surface area contributed by atoms with Gasteiger partial charge in [-0.3, -0.25) is 30.3 Å². The first kappa shape index (κ1) is 15.0. The molecular formula is C13H18N4O4. The molecule has 1 aliphatic rings. The number of aromatic amines is 1. The first-order valence-corrected chi connectivity index (χ1v) is 6.84. The van der Waals surface area contributed by atoms with Crippen LogP contribution in [0.4, 0.5) is 0 Å². The van der Waals surface area contributed by atoms with Gasteiger partial charge in [0, 0.05) is 5.69 Å². The van der Waals surface area contributed by atoms with Crippen LogP contribution in [0.3, 0.4) is 0 Å². The van der Waals surface area contributed by atoms with E-state index in [-0.39, 0.29) is 5.69 Å². The summed E-state index contributed by atoms with van der Waals surface area (Å²) in [6.07, 6.45) is 2.62. The molecule has 0 aliphatic heterocycles. The molecule has 8 heteroatoms. The van der Waals surface area contributed by atoms with E-state index in [4.69, 9.17) is 5.11 Å². The lowest BCUT2D eigenvalue weighted by Crippen LogP contribution is -2.48. The highest BCUT2D eigenvalue weighted by Gasteiger charge is 2.35. The molecule has 0 bridgehead atoms. The van der Waals surface area contributed by atoms with Crippen molar-refractivity contribution in [2.75, 3.05) is 0 Å². The summed E-state index contributed by atoms with van der Waals surface area (Å²) in [6, 6.07) is 1.54. The Kier molecular flexibility index (Phi) is 4.56. The summed E-state index contributed by atoms with van der Waals surface area (Å²) < 4.78 is 0. The summed E-state index contributed by atoms with van der Waals surface area (Å²) in [5.41, 5.74) is 5.43. The van der Waals surface area contributed by atoms with E-state index in [1.165, 1.54) is 0 Å². The van der Waals surface area contributed by atoms with Crippen molar-refractivity contribution in [3.8, 4) is 0 Å². The van der Waals surface area contributed by atoms with Crippen LogP contribution in [0.2, 0.25) is 0 Å². The number of carbonyl (C=O) groups excluding carboxylic acids is 2. The van der Waals surface area contributed by atoms with E-state index >= 15 is 0 Å². The average molecular weight is 294 g/mol. The predicted octanol–water partition coefficient (Wildman–Crippen LogP) is 0.370. The molecule has 2 rings (SSSR count). The third-order valence-electron chi connectivity index (χ3n) is 3.66. The lowest BCUT2D eigenvalue weighted by molar-refractivity contribution is -0.149. The fourth-order valence-electron chi connectivity index (χ4n) is 2.55. The number of hydrazine groups is 1. The van der Waals surface area contributed by atoms with Gasteiger partial charge in [-0.1, -0.05) is 12.8 Å². The normalized spacial score (nSPS) is 21.6. The molecule has 0 aromatic carbocycles. The van der Waals surface area contributed by atoms with E-state index in [0.29, 0.717) is 12.8 Å². The van der Waals surface area contributed by atoms with Gasteiger partial charge >= 0.3 is 5.97 Å². The molecule has 0 saturated heterocycles. The zero-order valence-electron chi connectivity index (χ0n) is 11.7. The summed E-state index contributed by atoms with van der Waals surface area (Å²) >= 11 is 0. The van der Waals surface area contributed by atoms with Crippen molar-refractivity contribution in [3.05, 3.63) is 17.5 Å². The fraction of sp³-hybridized carbons (Fsp3) is 0.538. The highest BCUT2D eigenvalue weighted by atomic mass is 16.4. The van der Waals surface area contributed by atoms with E-state index in [1.807, 2.05) is 0 Å². The second-order valence-electron chi connectivity index (χ2n) is 5.22. The summed E-state index contributed by atoms with van der Waals surface area (Å²) in [7, 11) is 0. The topological polar surface area (TPSA) is 124 Å². The molecule has 4 N–H and O–H groups in total. The number of hydrogen-bond donors (Lipinski definition) is 4. The van der Waals surface area contributed by atoms with Crippen LogP contribution in [0.1, 0.15) is 41.9 Å². The quantitative estimate of drug-likeness (QED) is 0.599. The first-order chi connectivity index (χ1) is 9.99. The van der Waals surface area contributed by atoms with Gasteiger partial charge in [0.1, 0.15) is 0 Å². The number of aryl methyl sites for hydroxylation is 1. The molecule has 8 nitrogen and oxygen atoms in total. The summed E-state index contributed by atoms with van der Waals surface area (Å²) in [4.78, 5) is 34.9. The van der Waals surface area contributed by atoms with Crippen molar-refractivity contribution < 1.29 is 19.5 Å². The SMILES string of the molecule is Cc1cc(C(=O)NNC(=O)C2CCCC[C@@H]2C(=O)O)n[nH]1. The van der Waals surface area contributed by atoms with Crippen LogP contribution in [0, 0.1) is 18.8 Å². The third-order valence-corrected chi connectivity index (χ3v) is 3.66. The van der Waals surface area contributed by atoms with Crippen molar-refractivity contribution >= 4 is 17.8 Å². The van der Waals surface area contributed by atoms with Crippen molar-refractivity contribution in [2.24, 2.45) is 11.8 Å². The maximum atomic E-state index is 12.0. The Balaban J connectivity index is 1.91. The van der Waals surface area contributed by atoms with E-state index in [0.717, 1.165) is 18.5 Å². The van der Waals surface area contributed by atoms with E-state index in [2.05, 4.69) is 21.0 Å². The molecule has 1 heterocycles. The Hall–Kier alpha value is -2.38. The Morgan fingerprint density at radius 1 is 1.24 bits per heavy atom. The highest BCUT2D eigenvalue weighted by molar-refractivity contribution is 5.94. The lowest BCUT2D eigenvalue weighted by Gasteiger charge is -2.27. The summed E-state index contributed by atoms with van der Waals surface area (Å²) in [6.45, 7) is 1.75. The van der Waals surface area contributed by atoms with Gasteiger partial charge in [0.2, 0.25) is 5.91 Å². The van der Waals surface area contributed by atoms with Crippen LogP contribution in [0.5, 0.6) is 0 Å². The van der Waals surface area contributed by atoms with Crippen molar-refractivity contribution in [2.45, 2.75) is 32.6 Å². The molecule has 21 heavy (non-hydrogen) atoms. The zero-order chi connectivity index (χ0) is 15.4. The Morgan fingerprint density at radius 3 is 2.48 bits per heavy atom. The molecule has 2 atom stereocenters. The number of carbonyl (C=O) groups is 3. The Labute approximate surface area is 121 Å². The van der Waals surface area contributed by atoms with Gasteiger partial charge in [-0.05, 0) is 25.8 Å². The maximum Gasteiger partial charge on any atom is 0.307 e. The van der Waals surface area contributed by atoms with Gasteiger partial charge in [-0.25, -0.2) is 0 Å². The smallest absolute Gasteiger partial charge is 0.307 e. The number of hydrogen-bond acceptors (Lipinski definition) is 4. The minimum absolute atomic E-state index is 0.159. The zero-order valence-corrected chi connectivity index (χ0v) is 11.7. The second kappa shape index (κ2) is 6.38. The van der Waals surface area contributed by atoms with Crippen LogP contribution in [-0.4, -0.2) is 33.1 Å². The number of H-pyrrole nitrogens is 1. The first-order valence-electron chi connectivity index (χ1n) is 6.84. The van der Waals surface area contributed by atoms with Gasteiger partial charge in [-0.15, -0.1) is 0 Å². The Morgan fingerprint density at radius 2 is 1.90 bits per heavy atom. The van der Waals surface area contributed by atoms with E-state index in [9.17, 15) is 14.4 Å². The number of aromatic nitrogens is 2. The molecule has 1 saturated carbocycles. The van der Waals surface area contributed by atoms with Gasteiger partial charge in [0.15, 0.2) is 5.69 Å². The third kappa shape index (κ3) is 3.59. The van der Waals surface area contributed by atoms with Crippen LogP contribution >= 0.6 is 0 Å². The van der Waals surface area contributed by atoms with Crippen molar-refractivity contribution in [1.29, 1.82) is 0 Å².